The Labute approximate surface area is 99.6 Å². The van der Waals surface area contributed by atoms with Gasteiger partial charge in [0.1, 0.15) is 0 Å². The molecule has 1 saturated heterocycles. The highest BCUT2D eigenvalue weighted by Crippen LogP contribution is 2.21. The Bertz CT molecular complexity index is 424. The lowest BCUT2D eigenvalue weighted by Gasteiger charge is -2.30. The molecule has 3 N–H and O–H groups in total. The van der Waals surface area contributed by atoms with Crippen molar-refractivity contribution < 1.29 is 9.59 Å². The van der Waals surface area contributed by atoms with E-state index >= 15 is 0 Å². The smallest absolute Gasteiger partial charge is 0.328 e. The topological polar surface area (TPSA) is 75.4 Å². The predicted molar refractivity (Wildman–Crippen MR) is 65.6 cm³/mol. The van der Waals surface area contributed by atoms with Crippen LogP contribution in [-0.4, -0.2) is 18.0 Å². The zero-order chi connectivity index (χ0) is 12.4. The first-order chi connectivity index (χ1) is 8.11. The molecule has 1 heterocycles. The maximum atomic E-state index is 11.9. The number of benzene rings is 1. The zero-order valence-corrected chi connectivity index (χ0v) is 9.64. The van der Waals surface area contributed by atoms with Crippen LogP contribution in [0.3, 0.4) is 0 Å². The number of hydrogen-bond acceptors (Lipinski definition) is 3. The number of carbonyl (C=O) groups excluding carboxylic acids is 2. The van der Waals surface area contributed by atoms with E-state index in [4.69, 9.17) is 5.73 Å². The van der Waals surface area contributed by atoms with Gasteiger partial charge in [0.05, 0.1) is 5.69 Å². The minimum absolute atomic E-state index is 0.0555. The van der Waals surface area contributed by atoms with Gasteiger partial charge >= 0.3 is 6.03 Å². The Balaban J connectivity index is 2.24. The van der Waals surface area contributed by atoms with E-state index in [9.17, 15) is 9.59 Å². The molecule has 0 spiro atoms. The van der Waals surface area contributed by atoms with E-state index in [2.05, 4.69) is 5.32 Å². The number of nitrogen functional groups attached to an aromatic ring is 1. The summed E-state index contributed by atoms with van der Waals surface area (Å²) >= 11 is 0. The third-order valence-electron chi connectivity index (χ3n) is 2.85. The molecule has 1 aliphatic rings. The summed E-state index contributed by atoms with van der Waals surface area (Å²) in [5.74, 6) is -0.176. The largest absolute Gasteiger partial charge is 0.399 e. The Morgan fingerprint density at radius 1 is 1.35 bits per heavy atom. The van der Waals surface area contributed by atoms with Crippen molar-refractivity contribution in [1.29, 1.82) is 0 Å². The molecule has 0 bridgehead atoms. The summed E-state index contributed by atoms with van der Waals surface area (Å²) in [6.07, 6.45) is 1.10. The number of hydrogen-bond donors (Lipinski definition) is 2. The van der Waals surface area contributed by atoms with E-state index in [1.807, 2.05) is 6.92 Å². The van der Waals surface area contributed by atoms with Crippen molar-refractivity contribution in [3.63, 3.8) is 0 Å². The maximum absolute atomic E-state index is 11.9. The van der Waals surface area contributed by atoms with Crippen LogP contribution < -0.4 is 16.0 Å². The van der Waals surface area contributed by atoms with Crippen LogP contribution in [0.5, 0.6) is 0 Å². The molecule has 1 aromatic carbocycles. The first-order valence-corrected chi connectivity index (χ1v) is 5.60. The van der Waals surface area contributed by atoms with Gasteiger partial charge in [-0.1, -0.05) is 6.92 Å². The third kappa shape index (κ3) is 2.22. The van der Waals surface area contributed by atoms with E-state index in [1.54, 1.807) is 24.3 Å². The summed E-state index contributed by atoms with van der Waals surface area (Å²) in [4.78, 5) is 24.9. The summed E-state index contributed by atoms with van der Waals surface area (Å²) in [7, 11) is 0. The van der Waals surface area contributed by atoms with Gasteiger partial charge < -0.3 is 11.1 Å². The van der Waals surface area contributed by atoms with Gasteiger partial charge in [-0.15, -0.1) is 0 Å². The number of imide groups is 1. The highest BCUT2D eigenvalue weighted by atomic mass is 16.2. The van der Waals surface area contributed by atoms with Gasteiger partial charge in [-0.25, -0.2) is 9.69 Å². The van der Waals surface area contributed by atoms with Gasteiger partial charge in [0, 0.05) is 18.2 Å². The van der Waals surface area contributed by atoms with Crippen molar-refractivity contribution in [3.8, 4) is 0 Å². The monoisotopic (exact) mass is 233 g/mol. The summed E-state index contributed by atoms with van der Waals surface area (Å²) < 4.78 is 0. The molecule has 0 saturated carbocycles. The van der Waals surface area contributed by atoms with Crippen molar-refractivity contribution in [2.75, 3.05) is 10.6 Å². The molecule has 1 aromatic rings. The van der Waals surface area contributed by atoms with Crippen molar-refractivity contribution >= 4 is 23.3 Å². The summed E-state index contributed by atoms with van der Waals surface area (Å²) in [6, 6.07) is 6.25. The Kier molecular flexibility index (Phi) is 2.99. The molecule has 1 aliphatic heterocycles. The lowest BCUT2D eigenvalue weighted by Crippen LogP contribution is -2.54. The van der Waals surface area contributed by atoms with Gasteiger partial charge in [0.15, 0.2) is 0 Å². The summed E-state index contributed by atoms with van der Waals surface area (Å²) in [6.45, 7) is 1.94. The standard InChI is InChI=1S/C12H15N3O2/c1-2-9-7-11(16)15(12(17)14-9)10-5-3-8(13)4-6-10/h3-6,9H,2,7,13H2,1H3,(H,14,17). The second-order valence-electron chi connectivity index (χ2n) is 4.08. The number of nitrogens with two attached hydrogens (primary N) is 1. The fourth-order valence-corrected chi connectivity index (χ4v) is 1.84. The molecule has 17 heavy (non-hydrogen) atoms. The van der Waals surface area contributed by atoms with E-state index in [1.165, 1.54) is 0 Å². The second kappa shape index (κ2) is 4.45. The molecule has 0 aliphatic carbocycles. The molecular weight excluding hydrogens is 218 g/mol. The van der Waals surface area contributed by atoms with Crippen LogP contribution in [0.2, 0.25) is 0 Å². The first kappa shape index (κ1) is 11.4. The van der Waals surface area contributed by atoms with Gasteiger partial charge in [-0.05, 0) is 30.7 Å². The van der Waals surface area contributed by atoms with Gasteiger partial charge in [0.25, 0.3) is 0 Å². The molecular formula is C12H15N3O2. The lowest BCUT2D eigenvalue weighted by atomic mass is 10.1. The third-order valence-corrected chi connectivity index (χ3v) is 2.85. The van der Waals surface area contributed by atoms with Crippen LogP contribution in [0, 0.1) is 0 Å². The summed E-state index contributed by atoms with van der Waals surface area (Å²) in [5, 5.41) is 2.79. The number of amides is 3. The van der Waals surface area contributed by atoms with Crippen molar-refractivity contribution in [2.24, 2.45) is 0 Å². The average Bonchev–Trinajstić information content (AvgIpc) is 2.30. The molecule has 90 valence electrons. The molecule has 3 amide bonds. The quantitative estimate of drug-likeness (QED) is 0.760. The van der Waals surface area contributed by atoms with E-state index in [0.29, 0.717) is 17.8 Å². The second-order valence-corrected chi connectivity index (χ2v) is 4.08. The van der Waals surface area contributed by atoms with Crippen molar-refractivity contribution in [2.45, 2.75) is 25.8 Å². The van der Waals surface area contributed by atoms with Gasteiger partial charge in [-0.3, -0.25) is 4.79 Å². The van der Waals surface area contributed by atoms with Crippen molar-refractivity contribution in [3.05, 3.63) is 24.3 Å². The maximum Gasteiger partial charge on any atom is 0.328 e. The van der Waals surface area contributed by atoms with Crippen molar-refractivity contribution in [1.82, 2.24) is 5.32 Å². The van der Waals surface area contributed by atoms with Crippen LogP contribution in [0.25, 0.3) is 0 Å². The van der Waals surface area contributed by atoms with E-state index < -0.39 is 0 Å². The molecule has 0 aromatic heterocycles. The van der Waals surface area contributed by atoms with Gasteiger partial charge in [0.2, 0.25) is 5.91 Å². The highest BCUT2D eigenvalue weighted by molar-refractivity contribution is 6.16. The average molecular weight is 233 g/mol. The van der Waals surface area contributed by atoms with Gasteiger partial charge in [-0.2, -0.15) is 0 Å². The fraction of sp³-hybridized carbons (Fsp3) is 0.333. The molecule has 2 rings (SSSR count). The zero-order valence-electron chi connectivity index (χ0n) is 9.64. The molecule has 1 fully saturated rings. The van der Waals surface area contributed by atoms with Crippen LogP contribution in [0.15, 0.2) is 24.3 Å². The SMILES string of the molecule is CCC1CC(=O)N(c2ccc(N)cc2)C(=O)N1. The van der Waals surface area contributed by atoms with Crippen LogP contribution in [0.4, 0.5) is 16.2 Å². The molecule has 5 heteroatoms. The Hall–Kier alpha value is -2.04. The lowest BCUT2D eigenvalue weighted by molar-refractivity contribution is -0.119. The van der Waals surface area contributed by atoms with Crippen LogP contribution in [0.1, 0.15) is 19.8 Å². The first-order valence-electron chi connectivity index (χ1n) is 5.60. The Morgan fingerprint density at radius 2 is 2.00 bits per heavy atom. The highest BCUT2D eigenvalue weighted by Gasteiger charge is 2.31. The molecule has 1 atom stereocenters. The summed E-state index contributed by atoms with van der Waals surface area (Å²) in [5.41, 5.74) is 6.72. The molecule has 5 nitrogen and oxygen atoms in total. The van der Waals surface area contributed by atoms with Crippen LogP contribution in [-0.2, 0) is 4.79 Å². The van der Waals surface area contributed by atoms with E-state index in [-0.39, 0.29) is 18.0 Å². The fourth-order valence-electron chi connectivity index (χ4n) is 1.84. The minimum Gasteiger partial charge on any atom is -0.399 e. The number of urea groups is 1. The van der Waals surface area contributed by atoms with E-state index in [0.717, 1.165) is 11.3 Å². The number of anilines is 2. The number of nitrogens with zero attached hydrogens (tertiary/aromatic N) is 1. The predicted octanol–water partition coefficient (Wildman–Crippen LogP) is 1.49. The molecule has 1 unspecified atom stereocenters. The molecule has 0 radical (unpaired) electrons. The van der Waals surface area contributed by atoms with Crippen LogP contribution >= 0.6 is 0 Å². The Morgan fingerprint density at radius 3 is 2.53 bits per heavy atom. The number of carbonyl (C=O) groups is 2. The normalized spacial score (nSPS) is 20.3. The number of nitrogens with one attached hydrogen (secondary N) is 1. The minimum atomic E-state index is -0.363. The number of rotatable bonds is 2.